The quantitative estimate of drug-likeness (QED) is 0.211. The van der Waals surface area contributed by atoms with E-state index >= 15 is 0 Å². The van der Waals surface area contributed by atoms with E-state index in [4.69, 9.17) is 20.9 Å². The Hall–Kier alpha value is -4.98. The Kier molecular flexibility index (Phi) is 6.75. The molecule has 0 aliphatic heterocycles. The first kappa shape index (κ1) is 25.1. The van der Waals surface area contributed by atoms with Gasteiger partial charge in [-0.15, -0.1) is 0 Å². The monoisotopic (exact) mass is 498 g/mol. The summed E-state index contributed by atoms with van der Waals surface area (Å²) in [6.45, 7) is 3.74. The van der Waals surface area contributed by atoms with E-state index in [1.54, 1.807) is 72.8 Å². The zero-order valence-electron chi connectivity index (χ0n) is 20.3. The van der Waals surface area contributed by atoms with E-state index < -0.39 is 17.4 Å². The lowest BCUT2D eigenvalue weighted by atomic mass is 9.77. The van der Waals surface area contributed by atoms with Gasteiger partial charge in [0.05, 0.1) is 11.1 Å². The fourth-order valence-electron chi connectivity index (χ4n) is 3.80. The molecule has 0 unspecified atom stereocenters. The largest absolute Gasteiger partial charge is 0.478 e. The van der Waals surface area contributed by atoms with Crippen LogP contribution in [0.1, 0.15) is 45.7 Å². The fraction of sp³-hybridized carbons (Fsp3) is 0.103. The molecular formula is C29H26N2O6. The molecule has 0 saturated heterocycles. The number of hydrogen-bond donors (Lipinski definition) is 4. The maximum atomic E-state index is 11.9. The van der Waals surface area contributed by atoms with Crippen LogP contribution in [0.2, 0.25) is 0 Å². The van der Waals surface area contributed by atoms with Crippen molar-refractivity contribution >= 4 is 23.3 Å². The summed E-state index contributed by atoms with van der Waals surface area (Å²) in [7, 11) is 0. The van der Waals surface area contributed by atoms with Gasteiger partial charge in [0, 0.05) is 16.8 Å². The number of nitrogens with two attached hydrogens (primary N) is 2. The first-order valence-corrected chi connectivity index (χ1v) is 11.4. The first-order valence-electron chi connectivity index (χ1n) is 11.4. The highest BCUT2D eigenvalue weighted by molar-refractivity contribution is 5.89. The normalized spacial score (nSPS) is 11.1. The lowest BCUT2D eigenvalue weighted by Gasteiger charge is -2.28. The third kappa shape index (κ3) is 5.82. The van der Waals surface area contributed by atoms with E-state index in [9.17, 15) is 19.8 Å². The zero-order valence-corrected chi connectivity index (χ0v) is 20.3. The molecule has 0 bridgehead atoms. The van der Waals surface area contributed by atoms with Crippen molar-refractivity contribution in [1.82, 2.24) is 0 Å². The van der Waals surface area contributed by atoms with Gasteiger partial charge in [0.2, 0.25) is 0 Å². The smallest absolute Gasteiger partial charge is 0.335 e. The van der Waals surface area contributed by atoms with Crippen molar-refractivity contribution in [1.29, 1.82) is 0 Å². The molecule has 4 rings (SSSR count). The summed E-state index contributed by atoms with van der Waals surface area (Å²) < 4.78 is 11.8. The number of ether oxygens (including phenoxy) is 2. The molecule has 188 valence electrons. The van der Waals surface area contributed by atoms with Crippen LogP contribution in [-0.4, -0.2) is 22.2 Å². The van der Waals surface area contributed by atoms with E-state index in [0.717, 1.165) is 0 Å². The van der Waals surface area contributed by atoms with Gasteiger partial charge in [0.1, 0.15) is 23.0 Å². The molecule has 0 saturated carbocycles. The first-order chi connectivity index (χ1) is 17.5. The second-order valence-corrected chi connectivity index (χ2v) is 9.07. The molecule has 0 aromatic heterocycles. The topological polar surface area (TPSA) is 145 Å². The van der Waals surface area contributed by atoms with Crippen molar-refractivity contribution in [2.45, 2.75) is 19.3 Å². The summed E-state index contributed by atoms with van der Waals surface area (Å²) >= 11 is 0. The zero-order chi connectivity index (χ0) is 26.7. The summed E-state index contributed by atoms with van der Waals surface area (Å²) in [5.41, 5.74) is 13.1. The fourth-order valence-corrected chi connectivity index (χ4v) is 3.80. The van der Waals surface area contributed by atoms with Gasteiger partial charge in [-0.3, -0.25) is 0 Å². The number of benzene rings is 4. The molecule has 8 nitrogen and oxygen atoms in total. The molecule has 0 aliphatic rings. The summed E-state index contributed by atoms with van der Waals surface area (Å²) in [6, 6.07) is 22.9. The SMILES string of the molecule is CC(C)(c1cc(Oc2ccc(N)cc2)cc(C(=O)O)c1)c1cc(Oc2ccc(N)cc2)cc(C(=O)O)c1. The average molecular weight is 499 g/mol. The van der Waals surface area contributed by atoms with Gasteiger partial charge < -0.3 is 31.2 Å². The summed E-state index contributed by atoms with van der Waals surface area (Å²) in [4.78, 5) is 23.8. The predicted molar refractivity (Wildman–Crippen MR) is 141 cm³/mol. The van der Waals surface area contributed by atoms with Crippen molar-refractivity contribution in [3.05, 3.63) is 107 Å². The number of carboxylic acids is 2. The minimum atomic E-state index is -1.12. The summed E-state index contributed by atoms with van der Waals surface area (Å²) in [5, 5.41) is 19.5. The van der Waals surface area contributed by atoms with Crippen LogP contribution >= 0.6 is 0 Å². The van der Waals surface area contributed by atoms with Crippen molar-refractivity contribution in [2.24, 2.45) is 0 Å². The number of hydrogen-bond acceptors (Lipinski definition) is 6. The van der Waals surface area contributed by atoms with Gasteiger partial charge in [-0.05, 0) is 96.1 Å². The van der Waals surface area contributed by atoms with Crippen LogP contribution in [0.3, 0.4) is 0 Å². The van der Waals surface area contributed by atoms with Crippen LogP contribution in [0.5, 0.6) is 23.0 Å². The molecule has 0 fully saturated rings. The van der Waals surface area contributed by atoms with Gasteiger partial charge >= 0.3 is 11.9 Å². The molecule has 0 spiro atoms. The minimum Gasteiger partial charge on any atom is -0.478 e. The lowest BCUT2D eigenvalue weighted by molar-refractivity contribution is 0.0686. The van der Waals surface area contributed by atoms with Crippen LogP contribution in [0.25, 0.3) is 0 Å². The van der Waals surface area contributed by atoms with Crippen LogP contribution in [0.4, 0.5) is 11.4 Å². The van der Waals surface area contributed by atoms with E-state index in [1.165, 1.54) is 12.1 Å². The number of nitrogen functional groups attached to an aromatic ring is 2. The molecule has 6 N–H and O–H groups in total. The second-order valence-electron chi connectivity index (χ2n) is 9.07. The number of carbonyl (C=O) groups is 2. The van der Waals surface area contributed by atoms with Gasteiger partial charge in [-0.25, -0.2) is 9.59 Å². The molecule has 0 atom stereocenters. The van der Waals surface area contributed by atoms with Gasteiger partial charge in [0.25, 0.3) is 0 Å². The average Bonchev–Trinajstić information content (AvgIpc) is 2.86. The Morgan fingerprint density at radius 3 is 1.27 bits per heavy atom. The molecule has 0 amide bonds. The van der Waals surface area contributed by atoms with Crippen molar-refractivity contribution in [2.75, 3.05) is 11.5 Å². The van der Waals surface area contributed by atoms with E-state index in [0.29, 0.717) is 45.5 Å². The second kappa shape index (κ2) is 9.94. The highest BCUT2D eigenvalue weighted by Gasteiger charge is 2.27. The number of aromatic carboxylic acids is 2. The molecule has 0 aliphatic carbocycles. The molecule has 37 heavy (non-hydrogen) atoms. The van der Waals surface area contributed by atoms with Crippen LogP contribution < -0.4 is 20.9 Å². The van der Waals surface area contributed by atoms with Gasteiger partial charge in [-0.1, -0.05) is 13.8 Å². The number of anilines is 2. The molecular weight excluding hydrogens is 472 g/mol. The third-order valence-electron chi connectivity index (χ3n) is 5.98. The molecule has 0 heterocycles. The molecule has 0 radical (unpaired) electrons. The minimum absolute atomic E-state index is 0.0313. The Morgan fingerprint density at radius 2 is 0.946 bits per heavy atom. The van der Waals surface area contributed by atoms with Gasteiger partial charge in [0.15, 0.2) is 0 Å². The molecule has 4 aromatic carbocycles. The number of rotatable bonds is 8. The predicted octanol–water partition coefficient (Wildman–Crippen LogP) is 6.16. The standard InChI is InChI=1S/C29H26N2O6/c1-29(2,19-11-17(27(32)33)13-25(15-19)36-23-7-3-21(30)4-8-23)20-12-18(28(34)35)14-26(16-20)37-24-9-5-22(31)6-10-24/h3-16H,30-31H2,1-2H3,(H,32,33)(H,34,35). The van der Waals surface area contributed by atoms with Gasteiger partial charge in [-0.2, -0.15) is 0 Å². The maximum Gasteiger partial charge on any atom is 0.335 e. The Balaban J connectivity index is 1.77. The van der Waals surface area contributed by atoms with E-state index in [1.807, 2.05) is 13.8 Å². The van der Waals surface area contributed by atoms with Crippen molar-refractivity contribution in [3.8, 4) is 23.0 Å². The number of carboxylic acid groups (broad SMARTS) is 2. The highest BCUT2D eigenvalue weighted by Crippen LogP contribution is 2.38. The van der Waals surface area contributed by atoms with Crippen molar-refractivity contribution < 1.29 is 29.3 Å². The Labute approximate surface area is 213 Å². The van der Waals surface area contributed by atoms with E-state index in [2.05, 4.69) is 0 Å². The maximum absolute atomic E-state index is 11.9. The van der Waals surface area contributed by atoms with Crippen LogP contribution in [-0.2, 0) is 5.41 Å². The summed E-state index contributed by atoms with van der Waals surface area (Å²) in [6.07, 6.45) is 0. The molecule has 8 heteroatoms. The summed E-state index contributed by atoms with van der Waals surface area (Å²) in [5.74, 6) is -0.612. The highest BCUT2D eigenvalue weighted by atomic mass is 16.5. The Morgan fingerprint density at radius 1 is 0.595 bits per heavy atom. The van der Waals surface area contributed by atoms with E-state index in [-0.39, 0.29) is 11.1 Å². The van der Waals surface area contributed by atoms with Crippen LogP contribution in [0, 0.1) is 0 Å². The van der Waals surface area contributed by atoms with Crippen molar-refractivity contribution in [3.63, 3.8) is 0 Å². The van der Waals surface area contributed by atoms with Crippen LogP contribution in [0.15, 0.2) is 84.9 Å². The lowest BCUT2D eigenvalue weighted by Crippen LogP contribution is -2.20. The molecule has 4 aromatic rings. The third-order valence-corrected chi connectivity index (χ3v) is 5.98. The Bertz CT molecular complexity index is 1350.